The van der Waals surface area contributed by atoms with Crippen molar-refractivity contribution in [1.29, 1.82) is 0 Å². The molecule has 4 heterocycles. The molecule has 12 rings (SSSR count). The van der Waals surface area contributed by atoms with Crippen molar-refractivity contribution in [3.63, 3.8) is 0 Å². The Kier molecular flexibility index (Phi) is 7.61. The zero-order valence-corrected chi connectivity index (χ0v) is 32.4. The Bertz CT molecular complexity index is 3480. The SMILES string of the molecule is c1ccc(-c2nc(-c3ccccc3)nc(-n3c4cc(-c5ccc(-c6nc7ccccc7n6-c6ccccc6)cc5)ccc4c4c5sc6ccccc6c5ccc43)n2)cc1. The summed E-state index contributed by atoms with van der Waals surface area (Å²) in [4.78, 5) is 20.6. The highest BCUT2D eigenvalue weighted by Gasteiger charge is 2.22. The Balaban J connectivity index is 1.08. The Hall–Kier alpha value is -7.74. The molecule has 0 saturated carbocycles. The molecule has 12 aromatic rings. The molecule has 0 aliphatic rings. The first kappa shape index (κ1) is 33.4. The van der Waals surface area contributed by atoms with E-state index in [1.54, 1.807) is 0 Å². The van der Waals surface area contributed by atoms with E-state index in [4.69, 9.17) is 19.9 Å². The van der Waals surface area contributed by atoms with Gasteiger partial charge in [-0.25, -0.2) is 9.97 Å². The van der Waals surface area contributed by atoms with Crippen LogP contribution in [0.1, 0.15) is 0 Å². The lowest BCUT2D eigenvalue weighted by Gasteiger charge is -2.12. The zero-order chi connectivity index (χ0) is 38.9. The fraction of sp³-hybridized carbons (Fsp3) is 0. The molecule has 7 heteroatoms. The van der Waals surface area contributed by atoms with Crippen LogP contribution in [0, 0.1) is 0 Å². The molecular weight excluding hydrogens is 741 g/mol. The maximum absolute atomic E-state index is 5.23. The van der Waals surface area contributed by atoms with Gasteiger partial charge in [0.05, 0.1) is 22.1 Å². The number of aromatic nitrogens is 6. The van der Waals surface area contributed by atoms with Crippen molar-refractivity contribution in [1.82, 2.24) is 29.1 Å². The van der Waals surface area contributed by atoms with Crippen molar-refractivity contribution in [3.05, 3.63) is 194 Å². The molecule has 59 heavy (non-hydrogen) atoms. The molecule has 0 aliphatic heterocycles. The molecule has 0 fully saturated rings. The molecule has 0 aliphatic carbocycles. The number of fused-ring (bicyclic) bond motifs is 8. The van der Waals surface area contributed by atoms with Crippen molar-refractivity contribution in [2.45, 2.75) is 0 Å². The van der Waals surface area contributed by atoms with E-state index in [1.165, 1.54) is 25.6 Å². The van der Waals surface area contributed by atoms with Crippen molar-refractivity contribution >= 4 is 64.3 Å². The first-order valence-corrected chi connectivity index (χ1v) is 20.5. The third-order valence-corrected chi connectivity index (χ3v) is 12.4. The van der Waals surface area contributed by atoms with Gasteiger partial charge in [-0.3, -0.25) is 9.13 Å². The molecule has 0 amide bonds. The third kappa shape index (κ3) is 5.47. The third-order valence-electron chi connectivity index (χ3n) is 11.2. The second-order valence-corrected chi connectivity index (χ2v) is 15.7. The van der Waals surface area contributed by atoms with Gasteiger partial charge in [0, 0.05) is 53.3 Å². The monoisotopic (exact) mass is 772 g/mol. The molecule has 0 spiro atoms. The summed E-state index contributed by atoms with van der Waals surface area (Å²) in [5, 5.41) is 4.87. The van der Waals surface area contributed by atoms with Crippen LogP contribution in [0.2, 0.25) is 0 Å². The summed E-state index contributed by atoms with van der Waals surface area (Å²) in [6.07, 6.45) is 0. The fourth-order valence-corrected chi connectivity index (χ4v) is 9.70. The van der Waals surface area contributed by atoms with Crippen LogP contribution in [0.3, 0.4) is 0 Å². The molecule has 4 aromatic heterocycles. The second kappa shape index (κ2) is 13.4. The van der Waals surface area contributed by atoms with Crippen molar-refractivity contribution in [2.75, 3.05) is 0 Å². The van der Waals surface area contributed by atoms with Gasteiger partial charge in [0.25, 0.3) is 0 Å². The van der Waals surface area contributed by atoms with E-state index >= 15 is 0 Å². The average molecular weight is 773 g/mol. The van der Waals surface area contributed by atoms with Crippen LogP contribution in [-0.4, -0.2) is 29.1 Å². The van der Waals surface area contributed by atoms with E-state index < -0.39 is 0 Å². The summed E-state index contributed by atoms with van der Waals surface area (Å²) in [7, 11) is 0. The lowest BCUT2D eigenvalue weighted by atomic mass is 10.0. The van der Waals surface area contributed by atoms with Crippen LogP contribution >= 0.6 is 11.3 Å². The van der Waals surface area contributed by atoms with Crippen molar-refractivity contribution < 1.29 is 0 Å². The number of rotatable bonds is 6. The largest absolute Gasteiger partial charge is 0.292 e. The van der Waals surface area contributed by atoms with Crippen LogP contribution in [0.5, 0.6) is 0 Å². The summed E-state index contributed by atoms with van der Waals surface area (Å²) in [5.74, 6) is 2.73. The van der Waals surface area contributed by atoms with Gasteiger partial charge in [-0.1, -0.05) is 152 Å². The van der Waals surface area contributed by atoms with Gasteiger partial charge in [-0.05, 0) is 53.6 Å². The maximum atomic E-state index is 5.23. The first-order chi connectivity index (χ1) is 29.2. The number of nitrogens with zero attached hydrogens (tertiary/aromatic N) is 6. The van der Waals surface area contributed by atoms with Gasteiger partial charge < -0.3 is 0 Å². The van der Waals surface area contributed by atoms with E-state index in [9.17, 15) is 0 Å². The lowest BCUT2D eigenvalue weighted by molar-refractivity contribution is 0.954. The summed E-state index contributed by atoms with van der Waals surface area (Å²) in [6, 6.07) is 67.8. The van der Waals surface area contributed by atoms with Crippen LogP contribution in [-0.2, 0) is 0 Å². The number of benzene rings is 8. The van der Waals surface area contributed by atoms with Crippen LogP contribution in [0.25, 0.3) is 110 Å². The minimum absolute atomic E-state index is 0.575. The summed E-state index contributed by atoms with van der Waals surface area (Å²) >= 11 is 1.84. The van der Waals surface area contributed by atoms with E-state index in [-0.39, 0.29) is 0 Å². The topological polar surface area (TPSA) is 61.4 Å². The van der Waals surface area contributed by atoms with Gasteiger partial charge >= 0.3 is 0 Å². The maximum Gasteiger partial charge on any atom is 0.238 e. The Morgan fingerprint density at radius 3 is 1.73 bits per heavy atom. The van der Waals surface area contributed by atoms with Gasteiger partial charge in [0.2, 0.25) is 5.95 Å². The smallest absolute Gasteiger partial charge is 0.238 e. The van der Waals surface area contributed by atoms with Gasteiger partial charge in [-0.2, -0.15) is 9.97 Å². The molecular formula is C52H32N6S. The van der Waals surface area contributed by atoms with Crippen molar-refractivity contribution in [3.8, 4) is 56.9 Å². The fourth-order valence-electron chi connectivity index (χ4n) is 8.45. The van der Waals surface area contributed by atoms with Crippen LogP contribution in [0.4, 0.5) is 0 Å². The molecule has 0 atom stereocenters. The number of hydrogen-bond donors (Lipinski definition) is 0. The number of hydrogen-bond acceptors (Lipinski definition) is 5. The second-order valence-electron chi connectivity index (χ2n) is 14.7. The van der Waals surface area contributed by atoms with Gasteiger partial charge in [-0.15, -0.1) is 11.3 Å². The van der Waals surface area contributed by atoms with E-state index in [2.05, 4.69) is 155 Å². The minimum Gasteiger partial charge on any atom is -0.292 e. The standard InChI is InChI=1S/C52H32N6S/c1-4-14-34(15-5-1)49-54-50(35-16-6-2-7-17-35)56-52(55-49)58-44-31-30-40-39-20-10-13-23-46(39)59-48(40)47(44)41-29-28-37(32-45(41)58)33-24-26-36(27-25-33)51-53-42-21-11-12-22-43(42)57(51)38-18-8-3-9-19-38/h1-32H. The van der Waals surface area contributed by atoms with Crippen LogP contribution < -0.4 is 0 Å². The molecule has 6 nitrogen and oxygen atoms in total. The van der Waals surface area contributed by atoms with Gasteiger partial charge in [0.15, 0.2) is 11.6 Å². The summed E-state index contributed by atoms with van der Waals surface area (Å²) in [5.41, 5.74) is 10.3. The molecule has 0 N–H and O–H groups in total. The van der Waals surface area contributed by atoms with E-state index in [1.807, 2.05) is 59.9 Å². The Morgan fingerprint density at radius 1 is 0.373 bits per heavy atom. The van der Waals surface area contributed by atoms with E-state index in [0.717, 1.165) is 66.8 Å². The Morgan fingerprint density at radius 2 is 0.983 bits per heavy atom. The molecule has 0 unspecified atom stereocenters. The van der Waals surface area contributed by atoms with Crippen LogP contribution in [0.15, 0.2) is 194 Å². The summed E-state index contributed by atoms with van der Waals surface area (Å²) < 4.78 is 7.00. The normalized spacial score (nSPS) is 11.7. The highest BCUT2D eigenvalue weighted by molar-refractivity contribution is 7.26. The lowest BCUT2D eigenvalue weighted by Crippen LogP contribution is -2.06. The first-order valence-electron chi connectivity index (χ1n) is 19.6. The summed E-state index contributed by atoms with van der Waals surface area (Å²) in [6.45, 7) is 0. The quantitative estimate of drug-likeness (QED) is 0.169. The zero-order valence-electron chi connectivity index (χ0n) is 31.6. The molecule has 0 bridgehead atoms. The average Bonchev–Trinajstić information content (AvgIpc) is 3.99. The van der Waals surface area contributed by atoms with Gasteiger partial charge in [0.1, 0.15) is 5.82 Å². The predicted molar refractivity (Wildman–Crippen MR) is 243 cm³/mol. The molecule has 0 saturated heterocycles. The molecule has 276 valence electrons. The number of thiophene rings is 1. The highest BCUT2D eigenvalue weighted by atomic mass is 32.1. The minimum atomic E-state index is 0.575. The number of imidazole rings is 1. The van der Waals surface area contributed by atoms with Crippen molar-refractivity contribution in [2.24, 2.45) is 0 Å². The number of para-hydroxylation sites is 3. The van der Waals surface area contributed by atoms with E-state index in [0.29, 0.717) is 17.6 Å². The molecule has 0 radical (unpaired) electrons. The highest BCUT2D eigenvalue weighted by Crippen LogP contribution is 2.44. The molecule has 8 aromatic carbocycles. The predicted octanol–water partition coefficient (Wildman–Crippen LogP) is 13.3. The Labute approximate surface area is 343 Å².